The third kappa shape index (κ3) is 6.55. The van der Waals surface area contributed by atoms with E-state index in [0.29, 0.717) is 12.1 Å². The molecule has 0 saturated heterocycles. The summed E-state index contributed by atoms with van der Waals surface area (Å²) in [5.74, 6) is -1.76. The number of quaternary nitrogens is 1. The zero-order valence-corrected chi connectivity index (χ0v) is 15.0. The molecule has 3 amide bonds. The van der Waals surface area contributed by atoms with E-state index in [4.69, 9.17) is 0 Å². The lowest BCUT2D eigenvalue weighted by Crippen LogP contribution is -2.87. The molecular formula is C19H26F2N3O2+. The number of hydrogen-bond donors (Lipinski definition) is 3. The summed E-state index contributed by atoms with van der Waals surface area (Å²) in [5, 5.41) is 6.51. The van der Waals surface area contributed by atoms with Crippen molar-refractivity contribution in [2.45, 2.75) is 45.1 Å². The highest BCUT2D eigenvalue weighted by Crippen LogP contribution is 2.19. The number of nitrogens with two attached hydrogens (primary N) is 1. The van der Waals surface area contributed by atoms with Crippen LogP contribution in [0, 0.1) is 11.6 Å². The summed E-state index contributed by atoms with van der Waals surface area (Å²) >= 11 is 0. The molecule has 1 aromatic carbocycles. The van der Waals surface area contributed by atoms with Gasteiger partial charge >= 0.3 is 6.03 Å². The zero-order valence-electron chi connectivity index (χ0n) is 15.0. The fraction of sp³-hybridized carbons (Fsp3) is 0.474. The third-order valence-corrected chi connectivity index (χ3v) is 4.48. The SMILES string of the molecule is C[C@@H]([NH2+]CC(=O)NC(=O)NCCC1=CCCCC1)c1ccc(F)cc1F. The first-order valence-electron chi connectivity index (χ1n) is 8.99. The molecule has 0 aliphatic heterocycles. The Balaban J connectivity index is 1.67. The summed E-state index contributed by atoms with van der Waals surface area (Å²) in [6.45, 7) is 2.17. The van der Waals surface area contributed by atoms with Crippen LogP contribution in [-0.4, -0.2) is 25.0 Å². The molecule has 5 nitrogen and oxygen atoms in total. The fourth-order valence-corrected chi connectivity index (χ4v) is 2.97. The van der Waals surface area contributed by atoms with Gasteiger partial charge in [-0.05, 0) is 51.2 Å². The normalized spacial score (nSPS) is 15.1. The highest BCUT2D eigenvalue weighted by atomic mass is 19.1. The van der Waals surface area contributed by atoms with Crippen molar-refractivity contribution in [3.8, 4) is 0 Å². The minimum Gasteiger partial charge on any atom is -0.337 e. The second-order valence-electron chi connectivity index (χ2n) is 6.56. The van der Waals surface area contributed by atoms with Gasteiger partial charge in [0.25, 0.3) is 5.91 Å². The summed E-state index contributed by atoms with van der Waals surface area (Å²) in [4.78, 5) is 23.5. The van der Waals surface area contributed by atoms with E-state index >= 15 is 0 Å². The van der Waals surface area contributed by atoms with Crippen molar-refractivity contribution in [1.29, 1.82) is 0 Å². The molecule has 0 spiro atoms. The molecule has 142 valence electrons. The minimum absolute atomic E-state index is 0.0312. The molecule has 0 unspecified atom stereocenters. The van der Waals surface area contributed by atoms with E-state index < -0.39 is 23.6 Å². The molecule has 0 heterocycles. The Labute approximate surface area is 152 Å². The minimum atomic E-state index is -0.649. The number of nitrogens with one attached hydrogen (secondary N) is 2. The van der Waals surface area contributed by atoms with E-state index in [9.17, 15) is 18.4 Å². The molecule has 0 radical (unpaired) electrons. The molecule has 1 aliphatic carbocycles. The molecule has 1 aromatic rings. The summed E-state index contributed by atoms with van der Waals surface area (Å²) in [7, 11) is 0. The third-order valence-electron chi connectivity index (χ3n) is 4.48. The predicted octanol–water partition coefficient (Wildman–Crippen LogP) is 2.31. The average molecular weight is 366 g/mol. The second kappa shape index (κ2) is 10.0. The van der Waals surface area contributed by atoms with Crippen LogP contribution in [0.3, 0.4) is 0 Å². The number of hydrogen-bond acceptors (Lipinski definition) is 2. The van der Waals surface area contributed by atoms with Crippen LogP contribution in [0.5, 0.6) is 0 Å². The van der Waals surface area contributed by atoms with Gasteiger partial charge < -0.3 is 10.6 Å². The van der Waals surface area contributed by atoms with Gasteiger partial charge in [-0.25, -0.2) is 13.6 Å². The molecule has 0 saturated carbocycles. The van der Waals surface area contributed by atoms with Crippen molar-refractivity contribution >= 4 is 11.9 Å². The number of halogens is 2. The highest BCUT2D eigenvalue weighted by molar-refractivity contribution is 5.94. The van der Waals surface area contributed by atoms with Crippen LogP contribution in [0.15, 0.2) is 29.8 Å². The van der Waals surface area contributed by atoms with E-state index in [1.165, 1.54) is 30.5 Å². The summed E-state index contributed by atoms with van der Waals surface area (Å²) in [6.07, 6.45) is 7.62. The Hall–Kier alpha value is -2.28. The van der Waals surface area contributed by atoms with Crippen LogP contribution in [0.1, 0.15) is 50.6 Å². The van der Waals surface area contributed by atoms with Crippen LogP contribution in [0.2, 0.25) is 0 Å². The number of carbonyl (C=O) groups excluding carboxylic acids is 2. The van der Waals surface area contributed by atoms with E-state index in [2.05, 4.69) is 16.7 Å². The molecule has 0 bridgehead atoms. The molecule has 26 heavy (non-hydrogen) atoms. The smallest absolute Gasteiger partial charge is 0.321 e. The first-order valence-corrected chi connectivity index (χ1v) is 8.99. The number of imide groups is 1. The topological polar surface area (TPSA) is 74.8 Å². The first kappa shape index (κ1) is 20.0. The summed E-state index contributed by atoms with van der Waals surface area (Å²) < 4.78 is 26.6. The van der Waals surface area contributed by atoms with Crippen LogP contribution in [0.4, 0.5) is 13.6 Å². The van der Waals surface area contributed by atoms with Gasteiger partial charge in [0, 0.05) is 18.2 Å². The first-order chi connectivity index (χ1) is 12.5. The molecule has 0 aromatic heterocycles. The maximum absolute atomic E-state index is 13.7. The number of allylic oxidation sites excluding steroid dienone is 1. The van der Waals surface area contributed by atoms with Crippen molar-refractivity contribution in [2.75, 3.05) is 13.1 Å². The molecular weight excluding hydrogens is 340 g/mol. The van der Waals surface area contributed by atoms with Gasteiger partial charge in [0.2, 0.25) is 0 Å². The van der Waals surface area contributed by atoms with Crippen molar-refractivity contribution in [3.63, 3.8) is 0 Å². The average Bonchev–Trinajstić information content (AvgIpc) is 2.60. The summed E-state index contributed by atoms with van der Waals surface area (Å²) in [6, 6.07) is 2.45. The fourth-order valence-electron chi connectivity index (χ4n) is 2.97. The molecule has 1 aliphatic rings. The lowest BCUT2D eigenvalue weighted by molar-refractivity contribution is -0.682. The highest BCUT2D eigenvalue weighted by Gasteiger charge is 2.17. The van der Waals surface area contributed by atoms with E-state index in [0.717, 1.165) is 25.3 Å². The Morgan fingerprint density at radius 2 is 2.08 bits per heavy atom. The Morgan fingerprint density at radius 1 is 1.27 bits per heavy atom. The van der Waals surface area contributed by atoms with Gasteiger partial charge in [-0.15, -0.1) is 0 Å². The summed E-state index contributed by atoms with van der Waals surface area (Å²) in [5.41, 5.74) is 1.66. The number of amides is 3. The number of rotatable bonds is 7. The Kier molecular flexibility index (Phi) is 7.72. The van der Waals surface area contributed by atoms with E-state index in [-0.39, 0.29) is 12.6 Å². The number of benzene rings is 1. The van der Waals surface area contributed by atoms with Crippen LogP contribution < -0.4 is 16.0 Å². The van der Waals surface area contributed by atoms with Gasteiger partial charge in [-0.3, -0.25) is 10.1 Å². The number of urea groups is 1. The van der Waals surface area contributed by atoms with Crippen LogP contribution >= 0.6 is 0 Å². The monoisotopic (exact) mass is 366 g/mol. The second-order valence-corrected chi connectivity index (χ2v) is 6.56. The molecule has 7 heteroatoms. The van der Waals surface area contributed by atoms with Gasteiger partial charge in [0.15, 0.2) is 6.54 Å². The zero-order chi connectivity index (χ0) is 18.9. The Bertz CT molecular complexity index is 677. The van der Waals surface area contributed by atoms with Gasteiger partial charge in [0.05, 0.1) is 0 Å². The Morgan fingerprint density at radius 3 is 2.77 bits per heavy atom. The van der Waals surface area contributed by atoms with E-state index in [1.54, 1.807) is 12.2 Å². The number of carbonyl (C=O) groups is 2. The van der Waals surface area contributed by atoms with Crippen molar-refractivity contribution < 1.29 is 23.7 Å². The largest absolute Gasteiger partial charge is 0.337 e. The predicted molar refractivity (Wildman–Crippen MR) is 94.3 cm³/mol. The molecule has 0 fully saturated rings. The van der Waals surface area contributed by atoms with E-state index in [1.807, 2.05) is 0 Å². The van der Waals surface area contributed by atoms with Crippen molar-refractivity contribution in [1.82, 2.24) is 10.6 Å². The van der Waals surface area contributed by atoms with Gasteiger partial charge in [0.1, 0.15) is 17.7 Å². The lowest BCUT2D eigenvalue weighted by atomic mass is 9.97. The van der Waals surface area contributed by atoms with Crippen LogP contribution in [-0.2, 0) is 4.79 Å². The lowest BCUT2D eigenvalue weighted by Gasteiger charge is -2.13. The maximum Gasteiger partial charge on any atom is 0.321 e. The van der Waals surface area contributed by atoms with Crippen molar-refractivity contribution in [2.24, 2.45) is 0 Å². The van der Waals surface area contributed by atoms with Gasteiger partial charge in [-0.1, -0.05) is 11.6 Å². The molecule has 1 atom stereocenters. The van der Waals surface area contributed by atoms with Crippen LogP contribution in [0.25, 0.3) is 0 Å². The van der Waals surface area contributed by atoms with Crippen molar-refractivity contribution in [3.05, 3.63) is 47.0 Å². The quantitative estimate of drug-likeness (QED) is 0.648. The maximum atomic E-state index is 13.7. The van der Waals surface area contributed by atoms with Gasteiger partial charge in [-0.2, -0.15) is 0 Å². The molecule has 4 N–H and O–H groups in total. The molecule has 2 rings (SSSR count). The standard InChI is InChI=1S/C19H25F2N3O2/c1-13(16-8-7-15(20)11-17(16)21)23-12-18(25)24-19(26)22-10-9-14-5-3-2-4-6-14/h5,7-8,11,13,23H,2-4,6,9-10,12H2,1H3,(H2,22,24,25,26)/p+1/t13-/m1/s1.